The number of ether oxygens (including phenoxy) is 1. The summed E-state index contributed by atoms with van der Waals surface area (Å²) >= 11 is 0. The third-order valence-electron chi connectivity index (χ3n) is 2.22. The minimum Gasteiger partial charge on any atom is -0.494 e. The first-order valence-corrected chi connectivity index (χ1v) is 5.63. The van der Waals surface area contributed by atoms with Crippen LogP contribution < -0.4 is 10.1 Å². The van der Waals surface area contributed by atoms with Crippen LogP contribution in [0.4, 0.5) is 5.69 Å². The molecule has 94 valence electrons. The highest BCUT2D eigenvalue weighted by molar-refractivity contribution is 5.90. The molecular formula is C12H14N4O2. The van der Waals surface area contributed by atoms with Crippen LogP contribution in [-0.2, 0) is 11.3 Å². The minimum absolute atomic E-state index is 0.146. The van der Waals surface area contributed by atoms with Crippen LogP contribution in [0.3, 0.4) is 0 Å². The van der Waals surface area contributed by atoms with Gasteiger partial charge in [-0.3, -0.25) is 4.79 Å². The minimum atomic E-state index is -0.148. The second-order valence-electron chi connectivity index (χ2n) is 3.60. The Morgan fingerprint density at radius 2 is 2.17 bits per heavy atom. The number of anilines is 1. The molecule has 2 aromatic rings. The molecule has 1 N–H and O–H groups in total. The average molecular weight is 246 g/mol. The number of hydrogen-bond acceptors (Lipinski definition) is 4. The van der Waals surface area contributed by atoms with E-state index in [1.165, 1.54) is 17.3 Å². The summed E-state index contributed by atoms with van der Waals surface area (Å²) in [4.78, 5) is 15.4. The lowest BCUT2D eigenvalue weighted by Crippen LogP contribution is -2.18. The van der Waals surface area contributed by atoms with Gasteiger partial charge in [-0.15, -0.1) is 0 Å². The van der Waals surface area contributed by atoms with Gasteiger partial charge in [-0.2, -0.15) is 5.10 Å². The number of rotatable bonds is 5. The van der Waals surface area contributed by atoms with E-state index < -0.39 is 0 Å². The van der Waals surface area contributed by atoms with Crippen molar-refractivity contribution in [2.45, 2.75) is 13.5 Å². The van der Waals surface area contributed by atoms with E-state index in [0.29, 0.717) is 6.61 Å². The highest BCUT2D eigenvalue weighted by Gasteiger charge is 2.04. The number of hydrogen-bond donors (Lipinski definition) is 1. The first-order valence-electron chi connectivity index (χ1n) is 5.63. The molecule has 1 amide bonds. The standard InChI is InChI=1S/C12H14N4O2/c1-2-18-11-5-3-10(4-6-11)15-12(17)7-16-9-13-8-14-16/h3-6,8-9H,2,7H2,1H3,(H,15,17). The second kappa shape index (κ2) is 5.81. The predicted octanol–water partition coefficient (Wildman–Crippen LogP) is 1.32. The number of carbonyl (C=O) groups is 1. The number of amides is 1. The third-order valence-corrected chi connectivity index (χ3v) is 2.22. The van der Waals surface area contributed by atoms with Crippen LogP contribution in [0.1, 0.15) is 6.92 Å². The molecule has 0 spiro atoms. The summed E-state index contributed by atoms with van der Waals surface area (Å²) in [6.07, 6.45) is 2.89. The van der Waals surface area contributed by atoms with Gasteiger partial charge >= 0.3 is 0 Å². The van der Waals surface area contributed by atoms with Crippen LogP contribution in [0.15, 0.2) is 36.9 Å². The fourth-order valence-electron chi connectivity index (χ4n) is 1.46. The van der Waals surface area contributed by atoms with Crippen LogP contribution in [0, 0.1) is 0 Å². The predicted molar refractivity (Wildman–Crippen MR) is 66.3 cm³/mol. The zero-order valence-corrected chi connectivity index (χ0v) is 10.0. The molecule has 1 aromatic carbocycles. The molecule has 0 aliphatic heterocycles. The zero-order chi connectivity index (χ0) is 12.8. The Bertz CT molecular complexity index is 493. The Balaban J connectivity index is 1.90. The molecule has 0 aliphatic carbocycles. The SMILES string of the molecule is CCOc1ccc(NC(=O)Cn2cncn2)cc1. The van der Waals surface area contributed by atoms with Crippen molar-refractivity contribution in [2.75, 3.05) is 11.9 Å². The summed E-state index contributed by atoms with van der Waals surface area (Å²) in [6, 6.07) is 7.22. The fraction of sp³-hybridized carbons (Fsp3) is 0.250. The van der Waals surface area contributed by atoms with Crippen molar-refractivity contribution in [1.82, 2.24) is 14.8 Å². The molecule has 1 heterocycles. The molecule has 0 saturated heterocycles. The van der Waals surface area contributed by atoms with E-state index in [1.54, 1.807) is 12.1 Å². The van der Waals surface area contributed by atoms with E-state index in [-0.39, 0.29) is 12.5 Å². The molecule has 6 heteroatoms. The summed E-state index contributed by atoms with van der Waals surface area (Å²) < 4.78 is 6.78. The molecule has 0 unspecified atom stereocenters. The van der Waals surface area contributed by atoms with Crippen molar-refractivity contribution in [2.24, 2.45) is 0 Å². The van der Waals surface area contributed by atoms with Crippen molar-refractivity contribution >= 4 is 11.6 Å². The molecular weight excluding hydrogens is 232 g/mol. The fourth-order valence-corrected chi connectivity index (χ4v) is 1.46. The average Bonchev–Trinajstić information content (AvgIpc) is 2.84. The van der Waals surface area contributed by atoms with Crippen molar-refractivity contribution < 1.29 is 9.53 Å². The molecule has 1 aromatic heterocycles. The van der Waals surface area contributed by atoms with Crippen LogP contribution in [0.5, 0.6) is 5.75 Å². The zero-order valence-electron chi connectivity index (χ0n) is 10.0. The van der Waals surface area contributed by atoms with E-state index in [2.05, 4.69) is 15.4 Å². The number of nitrogens with one attached hydrogen (secondary N) is 1. The molecule has 0 fully saturated rings. The Hall–Kier alpha value is -2.37. The van der Waals surface area contributed by atoms with E-state index in [0.717, 1.165) is 11.4 Å². The van der Waals surface area contributed by atoms with Gasteiger partial charge in [0.05, 0.1) is 6.61 Å². The number of carbonyl (C=O) groups excluding carboxylic acids is 1. The van der Waals surface area contributed by atoms with Gasteiger partial charge in [-0.05, 0) is 31.2 Å². The van der Waals surface area contributed by atoms with Gasteiger partial charge in [0.15, 0.2) is 0 Å². The van der Waals surface area contributed by atoms with Crippen LogP contribution in [0.2, 0.25) is 0 Å². The quantitative estimate of drug-likeness (QED) is 0.863. The smallest absolute Gasteiger partial charge is 0.246 e. The molecule has 0 saturated carbocycles. The molecule has 6 nitrogen and oxygen atoms in total. The van der Waals surface area contributed by atoms with Gasteiger partial charge in [0.2, 0.25) is 5.91 Å². The lowest BCUT2D eigenvalue weighted by molar-refractivity contribution is -0.116. The maximum absolute atomic E-state index is 11.7. The van der Waals surface area contributed by atoms with Crippen LogP contribution in [0.25, 0.3) is 0 Å². The number of aromatic nitrogens is 3. The lowest BCUT2D eigenvalue weighted by Gasteiger charge is -2.06. The molecule has 0 atom stereocenters. The highest BCUT2D eigenvalue weighted by atomic mass is 16.5. The molecule has 18 heavy (non-hydrogen) atoms. The topological polar surface area (TPSA) is 69.0 Å². The van der Waals surface area contributed by atoms with Crippen molar-refractivity contribution in [3.63, 3.8) is 0 Å². The van der Waals surface area contributed by atoms with E-state index in [4.69, 9.17) is 4.74 Å². The van der Waals surface area contributed by atoms with E-state index >= 15 is 0 Å². The van der Waals surface area contributed by atoms with Gasteiger partial charge < -0.3 is 10.1 Å². The Labute approximate surface area is 105 Å². The summed E-state index contributed by atoms with van der Waals surface area (Å²) in [5.74, 6) is 0.636. The van der Waals surface area contributed by atoms with Gasteiger partial charge in [0.25, 0.3) is 0 Å². The van der Waals surface area contributed by atoms with Gasteiger partial charge in [0, 0.05) is 5.69 Å². The van der Waals surface area contributed by atoms with Gasteiger partial charge in [-0.1, -0.05) is 0 Å². The Kier molecular flexibility index (Phi) is 3.90. The van der Waals surface area contributed by atoms with Crippen LogP contribution >= 0.6 is 0 Å². The summed E-state index contributed by atoms with van der Waals surface area (Å²) in [7, 11) is 0. The summed E-state index contributed by atoms with van der Waals surface area (Å²) in [5, 5.41) is 6.63. The molecule has 0 aliphatic rings. The molecule has 0 bridgehead atoms. The van der Waals surface area contributed by atoms with Gasteiger partial charge in [-0.25, -0.2) is 9.67 Å². The lowest BCUT2D eigenvalue weighted by atomic mass is 10.3. The van der Waals surface area contributed by atoms with Crippen molar-refractivity contribution in [3.8, 4) is 5.75 Å². The maximum atomic E-state index is 11.7. The maximum Gasteiger partial charge on any atom is 0.246 e. The molecule has 2 rings (SSSR count). The van der Waals surface area contributed by atoms with Crippen molar-refractivity contribution in [1.29, 1.82) is 0 Å². The highest BCUT2D eigenvalue weighted by Crippen LogP contribution is 2.15. The summed E-state index contributed by atoms with van der Waals surface area (Å²) in [5.41, 5.74) is 0.726. The summed E-state index contributed by atoms with van der Waals surface area (Å²) in [6.45, 7) is 2.69. The second-order valence-corrected chi connectivity index (χ2v) is 3.60. The van der Waals surface area contributed by atoms with Gasteiger partial charge in [0.1, 0.15) is 24.9 Å². The van der Waals surface area contributed by atoms with E-state index in [9.17, 15) is 4.79 Å². The largest absolute Gasteiger partial charge is 0.494 e. The Morgan fingerprint density at radius 1 is 1.39 bits per heavy atom. The van der Waals surface area contributed by atoms with Crippen LogP contribution in [-0.4, -0.2) is 27.3 Å². The normalized spacial score (nSPS) is 10.1. The van der Waals surface area contributed by atoms with Crippen molar-refractivity contribution in [3.05, 3.63) is 36.9 Å². The number of nitrogens with zero attached hydrogens (tertiary/aromatic N) is 3. The monoisotopic (exact) mass is 246 g/mol. The first kappa shape index (κ1) is 12.1. The number of benzene rings is 1. The van der Waals surface area contributed by atoms with E-state index in [1.807, 2.05) is 19.1 Å². The third kappa shape index (κ3) is 3.31. The molecule has 0 radical (unpaired) electrons. The first-order chi connectivity index (χ1) is 8.78. The Morgan fingerprint density at radius 3 is 2.78 bits per heavy atom.